The minimum absolute atomic E-state index is 0.371. The van der Waals surface area contributed by atoms with Gasteiger partial charge < -0.3 is 13.7 Å². The predicted molar refractivity (Wildman–Crippen MR) is 288 cm³/mol. The highest BCUT2D eigenvalue weighted by Crippen LogP contribution is 2.47. The molecule has 0 aliphatic heterocycles. The normalized spacial score (nSPS) is 12.5. The summed E-state index contributed by atoms with van der Waals surface area (Å²) in [5.41, 5.74) is 20.4. The highest BCUT2D eigenvalue weighted by Gasteiger charge is 2.30. The van der Waals surface area contributed by atoms with Gasteiger partial charge in [-0.1, -0.05) is 119 Å². The fourth-order valence-electron chi connectivity index (χ4n) is 11.0. The first-order valence-electron chi connectivity index (χ1n) is 24.8. The third-order valence-electron chi connectivity index (χ3n) is 15.1. The summed E-state index contributed by atoms with van der Waals surface area (Å²) in [6.45, 7) is 31.9. The quantitative estimate of drug-likeness (QED) is 0.142. The first-order valence-corrected chi connectivity index (χ1v) is 24.8. The maximum absolute atomic E-state index is 12.0. The Kier molecular flexibility index (Phi) is 10.8. The molecule has 0 atom stereocenters. The third-order valence-corrected chi connectivity index (χ3v) is 15.1. The van der Waals surface area contributed by atoms with Crippen LogP contribution in [0.5, 0.6) is 0 Å². The molecule has 4 nitrogen and oxygen atoms in total. The largest absolute Gasteiger partial charge is 0.309 e. The highest BCUT2D eigenvalue weighted by atomic mass is 15.1. The Morgan fingerprint density at radius 2 is 0.507 bits per heavy atom. The average molecular weight is 879 g/mol. The van der Waals surface area contributed by atoms with Crippen LogP contribution < -0.4 is 0 Å². The van der Waals surface area contributed by atoms with Crippen molar-refractivity contribution in [2.24, 2.45) is 0 Å². The van der Waals surface area contributed by atoms with Gasteiger partial charge in [-0.3, -0.25) is 0 Å². The van der Waals surface area contributed by atoms with E-state index in [1.165, 1.54) is 76.7 Å². The molecule has 4 heteroatoms. The van der Waals surface area contributed by atoms with Gasteiger partial charge in [0.15, 0.2) is 0 Å². The topological polar surface area (TPSA) is 38.6 Å². The second kappa shape index (κ2) is 16.3. The molecular weight excluding hydrogens is 813 g/mol. The van der Waals surface area contributed by atoms with E-state index in [1.807, 2.05) is 0 Å². The van der Waals surface area contributed by atoms with Crippen LogP contribution in [-0.4, -0.2) is 13.7 Å². The number of hydrogen-bond donors (Lipinski definition) is 0. The second-order valence-corrected chi connectivity index (χ2v) is 21.4. The molecule has 67 heavy (non-hydrogen) atoms. The zero-order chi connectivity index (χ0) is 47.5. The minimum Gasteiger partial charge on any atom is -0.309 e. The van der Waals surface area contributed by atoms with Gasteiger partial charge >= 0.3 is 0 Å². The first-order chi connectivity index (χ1) is 32.0. The van der Waals surface area contributed by atoms with Crippen molar-refractivity contribution in [2.45, 2.75) is 132 Å². The maximum Gasteiger partial charge on any atom is 0.104 e. The van der Waals surface area contributed by atoms with Crippen LogP contribution >= 0.6 is 0 Å². The van der Waals surface area contributed by atoms with E-state index in [9.17, 15) is 5.26 Å². The molecule has 3 heterocycles. The Morgan fingerprint density at radius 1 is 0.313 bits per heavy atom. The Labute approximate surface area is 397 Å². The monoisotopic (exact) mass is 879 g/mol. The number of benzene rings is 7. The summed E-state index contributed by atoms with van der Waals surface area (Å²) in [6, 6.07) is 45.1. The van der Waals surface area contributed by atoms with E-state index in [-0.39, 0.29) is 0 Å². The summed E-state index contributed by atoms with van der Waals surface area (Å²) < 4.78 is 7.39. The van der Waals surface area contributed by atoms with Crippen molar-refractivity contribution in [2.75, 3.05) is 0 Å². The van der Waals surface area contributed by atoms with Crippen LogP contribution in [0.4, 0.5) is 0 Å². The fraction of sp³-hybridized carbons (Fsp3) is 0.317. The van der Waals surface area contributed by atoms with Gasteiger partial charge in [0.25, 0.3) is 0 Å². The zero-order valence-corrected chi connectivity index (χ0v) is 42.1. The lowest BCUT2D eigenvalue weighted by Crippen LogP contribution is -2.13. The van der Waals surface area contributed by atoms with Gasteiger partial charge in [-0.15, -0.1) is 0 Å². The molecule has 0 aliphatic carbocycles. The molecule has 0 radical (unpaired) electrons. The first kappa shape index (κ1) is 44.3. The number of rotatable bonds is 9. The lowest BCUT2D eigenvalue weighted by atomic mass is 9.96. The van der Waals surface area contributed by atoms with Crippen LogP contribution in [0.3, 0.4) is 0 Å². The molecule has 0 bridgehead atoms. The lowest BCUT2D eigenvalue weighted by molar-refractivity contribution is 0.868. The molecule has 338 valence electrons. The standard InChI is InChI=1S/C63H66N4/c1-34(2)42-15-21-55-48(27-42)49-28-43(35(3)4)16-22-56(49)65(55)61-40(13)62(66-57-23-17-44(36(5)6)29-50(57)51-30-45(37(7)8)18-24-58(51)66)54(33-64)63(41(61)14)67-59-25-19-46(38(9)10)31-52(59)53-32-47(39(11)12)20-26-60(53)67/h15-32,34-39H,1-14H3. The molecule has 7 aromatic carbocycles. The van der Waals surface area contributed by atoms with Crippen LogP contribution in [0.25, 0.3) is 82.5 Å². The molecule has 0 aliphatic rings. The van der Waals surface area contributed by atoms with Crippen molar-refractivity contribution in [1.82, 2.24) is 13.7 Å². The van der Waals surface area contributed by atoms with E-state index in [2.05, 4.69) is 226 Å². The Morgan fingerprint density at radius 3 is 0.687 bits per heavy atom. The molecular formula is C63H66N4. The van der Waals surface area contributed by atoms with Gasteiger partial charge in [0.05, 0.1) is 50.2 Å². The summed E-state index contributed by atoms with van der Waals surface area (Å²) in [6.07, 6.45) is 0. The van der Waals surface area contributed by atoms with Gasteiger partial charge in [-0.25, -0.2) is 0 Å². The van der Waals surface area contributed by atoms with Crippen LogP contribution in [0.1, 0.15) is 169 Å². The molecule has 10 aromatic rings. The number of hydrogen-bond acceptors (Lipinski definition) is 1. The van der Waals surface area contributed by atoms with Crippen LogP contribution in [-0.2, 0) is 0 Å². The second-order valence-electron chi connectivity index (χ2n) is 21.4. The van der Waals surface area contributed by atoms with Crippen molar-refractivity contribution in [1.29, 1.82) is 5.26 Å². The summed E-state index contributed by atoms with van der Waals surface area (Å²) in [4.78, 5) is 0. The molecule has 0 N–H and O–H groups in total. The Bertz CT molecular complexity index is 3320. The van der Waals surface area contributed by atoms with Crippen molar-refractivity contribution < 1.29 is 0 Å². The molecule has 0 fully saturated rings. The molecule has 0 saturated carbocycles. The summed E-state index contributed by atoms with van der Waals surface area (Å²) in [5, 5.41) is 19.4. The van der Waals surface area contributed by atoms with E-state index in [0.29, 0.717) is 41.1 Å². The minimum atomic E-state index is 0.371. The molecule has 0 unspecified atom stereocenters. The highest BCUT2D eigenvalue weighted by molar-refractivity contribution is 6.13. The van der Waals surface area contributed by atoms with Gasteiger partial charge in [-0.05, 0) is 167 Å². The van der Waals surface area contributed by atoms with Gasteiger partial charge in [0, 0.05) is 32.3 Å². The number of fused-ring (bicyclic) bond motifs is 9. The molecule has 10 rings (SSSR count). The van der Waals surface area contributed by atoms with E-state index in [1.54, 1.807) is 0 Å². The summed E-state index contributed by atoms with van der Waals surface area (Å²) in [5.74, 6) is 2.26. The Hall–Kier alpha value is -6.57. The smallest absolute Gasteiger partial charge is 0.104 e. The fourth-order valence-corrected chi connectivity index (χ4v) is 11.0. The van der Waals surface area contributed by atoms with Crippen LogP contribution in [0.15, 0.2) is 109 Å². The predicted octanol–water partition coefficient (Wildman–Crippen LogP) is 18.2. The molecule has 3 aromatic heterocycles. The lowest BCUT2D eigenvalue weighted by Gasteiger charge is -2.26. The van der Waals surface area contributed by atoms with Crippen molar-refractivity contribution in [3.05, 3.63) is 159 Å². The SMILES string of the molecule is Cc1c(-n2c3ccc(C(C)C)cc3c3cc(C(C)C)ccc32)c(C)c(-n2c3ccc(C(C)C)cc3c3cc(C(C)C)ccc32)c(C#N)c1-n1c2ccc(C(C)C)cc2c2cc(C(C)C)ccc21. The molecule has 0 amide bonds. The summed E-state index contributed by atoms with van der Waals surface area (Å²) in [7, 11) is 0. The van der Waals surface area contributed by atoms with E-state index < -0.39 is 0 Å². The molecule has 0 saturated heterocycles. The average Bonchev–Trinajstić information content (AvgIpc) is 3.92. The third kappa shape index (κ3) is 6.83. The van der Waals surface area contributed by atoms with Crippen LogP contribution in [0, 0.1) is 25.2 Å². The summed E-state index contributed by atoms with van der Waals surface area (Å²) >= 11 is 0. The van der Waals surface area contributed by atoms with Gasteiger partial charge in [0.2, 0.25) is 0 Å². The number of nitrogens with zero attached hydrogens (tertiary/aromatic N) is 4. The van der Waals surface area contributed by atoms with E-state index in [4.69, 9.17) is 0 Å². The van der Waals surface area contributed by atoms with E-state index in [0.717, 1.165) is 50.3 Å². The van der Waals surface area contributed by atoms with Crippen molar-refractivity contribution in [3.8, 4) is 23.1 Å². The zero-order valence-electron chi connectivity index (χ0n) is 42.1. The van der Waals surface area contributed by atoms with Crippen LogP contribution in [0.2, 0.25) is 0 Å². The number of aromatic nitrogens is 3. The number of nitriles is 1. The van der Waals surface area contributed by atoms with Crippen molar-refractivity contribution in [3.63, 3.8) is 0 Å². The van der Waals surface area contributed by atoms with E-state index >= 15 is 0 Å². The van der Waals surface area contributed by atoms with Gasteiger partial charge in [-0.2, -0.15) is 5.26 Å². The molecule has 0 spiro atoms. The maximum atomic E-state index is 12.0. The van der Waals surface area contributed by atoms with Gasteiger partial charge in [0.1, 0.15) is 11.6 Å². The Balaban J connectivity index is 1.45. The van der Waals surface area contributed by atoms with Crippen molar-refractivity contribution >= 4 is 65.4 Å².